The average Bonchev–Trinajstić information content (AvgIpc) is 3.33. The van der Waals surface area contributed by atoms with Crippen LogP contribution in [0.25, 0.3) is 11.0 Å². The average molecular weight is 311 g/mol. The van der Waals surface area contributed by atoms with Crippen molar-refractivity contribution in [2.45, 2.75) is 37.6 Å². The second-order valence-electron chi connectivity index (χ2n) is 6.44. The molecule has 0 aromatic carbocycles. The van der Waals surface area contributed by atoms with Crippen molar-refractivity contribution < 1.29 is 4.79 Å². The van der Waals surface area contributed by atoms with E-state index < -0.39 is 0 Å². The van der Waals surface area contributed by atoms with Crippen molar-refractivity contribution in [2.75, 3.05) is 18.4 Å². The van der Waals surface area contributed by atoms with E-state index in [1.807, 2.05) is 4.90 Å². The molecule has 1 saturated heterocycles. The van der Waals surface area contributed by atoms with Crippen LogP contribution in [0.15, 0.2) is 25.2 Å². The Labute approximate surface area is 135 Å². The lowest BCUT2D eigenvalue weighted by Crippen LogP contribution is -2.44. The van der Waals surface area contributed by atoms with Crippen LogP contribution < -0.4 is 5.32 Å². The first-order valence-electron chi connectivity index (χ1n) is 8.26. The topological polar surface area (TPSA) is 73.9 Å². The molecule has 120 valence electrons. The molecule has 2 aliphatic rings. The van der Waals surface area contributed by atoms with Crippen LogP contribution in [0.4, 0.5) is 5.82 Å². The number of hydrogen-bond acceptors (Lipinski definition) is 4. The number of carbonyl (C=O) groups excluding carboxylic acids is 1. The Morgan fingerprint density at radius 1 is 1.39 bits per heavy atom. The fourth-order valence-electron chi connectivity index (χ4n) is 3.43. The maximum absolute atomic E-state index is 11.8. The van der Waals surface area contributed by atoms with E-state index >= 15 is 0 Å². The number of rotatable bonds is 4. The highest BCUT2D eigenvalue weighted by Crippen LogP contribution is 2.44. The molecule has 1 aliphatic heterocycles. The van der Waals surface area contributed by atoms with Gasteiger partial charge in [0.25, 0.3) is 0 Å². The lowest BCUT2D eigenvalue weighted by molar-refractivity contribution is -0.127. The van der Waals surface area contributed by atoms with Crippen LogP contribution in [-0.4, -0.2) is 44.9 Å². The molecular weight excluding hydrogens is 290 g/mol. The molecule has 4 rings (SSSR count). The Morgan fingerprint density at radius 3 is 3.04 bits per heavy atom. The van der Waals surface area contributed by atoms with E-state index in [0.29, 0.717) is 12.5 Å². The van der Waals surface area contributed by atoms with Crippen molar-refractivity contribution >= 4 is 22.8 Å². The summed E-state index contributed by atoms with van der Waals surface area (Å²) in [6.45, 7) is 5.08. The van der Waals surface area contributed by atoms with E-state index in [-0.39, 0.29) is 11.9 Å². The molecule has 1 saturated carbocycles. The summed E-state index contributed by atoms with van der Waals surface area (Å²) in [5.41, 5.74) is 2.21. The van der Waals surface area contributed by atoms with Crippen LogP contribution in [0.5, 0.6) is 0 Å². The number of nitrogens with one attached hydrogen (secondary N) is 2. The van der Waals surface area contributed by atoms with Gasteiger partial charge in [0, 0.05) is 25.3 Å². The highest BCUT2D eigenvalue weighted by molar-refractivity contribution is 5.91. The smallest absolute Gasteiger partial charge is 0.246 e. The maximum Gasteiger partial charge on any atom is 0.246 e. The molecule has 2 N–H and O–H groups in total. The Morgan fingerprint density at radius 2 is 2.26 bits per heavy atom. The standard InChI is InChI=1S/C17H21N5O/c1-2-14(23)22-7-3-4-12(9-22)21-17-15-13(11-5-6-11)8-18-16(15)19-10-20-17/h2,8,10-12H,1,3-7,9H2,(H2,18,19,20,21). The number of amides is 1. The van der Waals surface area contributed by atoms with Gasteiger partial charge in [-0.3, -0.25) is 4.79 Å². The first-order chi connectivity index (χ1) is 11.3. The van der Waals surface area contributed by atoms with Gasteiger partial charge in [-0.2, -0.15) is 0 Å². The molecule has 6 heteroatoms. The van der Waals surface area contributed by atoms with Gasteiger partial charge in [0.2, 0.25) is 5.91 Å². The summed E-state index contributed by atoms with van der Waals surface area (Å²) in [5.74, 6) is 1.53. The molecule has 0 bridgehead atoms. The van der Waals surface area contributed by atoms with Crippen molar-refractivity contribution in [1.82, 2.24) is 19.9 Å². The first kappa shape index (κ1) is 14.2. The highest BCUT2D eigenvalue weighted by atomic mass is 16.2. The van der Waals surface area contributed by atoms with Crippen LogP contribution in [0.2, 0.25) is 0 Å². The first-order valence-corrected chi connectivity index (χ1v) is 8.26. The van der Waals surface area contributed by atoms with Crippen molar-refractivity contribution in [3.05, 3.63) is 30.7 Å². The minimum Gasteiger partial charge on any atom is -0.365 e. The van der Waals surface area contributed by atoms with Gasteiger partial charge < -0.3 is 15.2 Å². The number of hydrogen-bond donors (Lipinski definition) is 2. The zero-order valence-electron chi connectivity index (χ0n) is 13.1. The van der Waals surface area contributed by atoms with E-state index in [9.17, 15) is 4.79 Å². The molecule has 1 amide bonds. The zero-order valence-corrected chi connectivity index (χ0v) is 13.1. The summed E-state index contributed by atoms with van der Waals surface area (Å²) in [4.78, 5) is 25.8. The Kier molecular flexibility index (Phi) is 3.52. The summed E-state index contributed by atoms with van der Waals surface area (Å²) in [6.07, 6.45) is 9.56. The van der Waals surface area contributed by atoms with E-state index in [0.717, 1.165) is 36.2 Å². The third-order valence-electron chi connectivity index (χ3n) is 4.77. The SMILES string of the molecule is C=CC(=O)N1CCCC(Nc2ncnc3[nH]cc(C4CC4)c23)C1. The fourth-order valence-corrected chi connectivity index (χ4v) is 3.43. The molecular formula is C17H21N5O. The number of aromatic nitrogens is 3. The number of carbonyl (C=O) groups is 1. The number of aromatic amines is 1. The van der Waals surface area contributed by atoms with E-state index in [2.05, 4.69) is 33.0 Å². The zero-order chi connectivity index (χ0) is 15.8. The number of fused-ring (bicyclic) bond motifs is 1. The van der Waals surface area contributed by atoms with E-state index in [1.165, 1.54) is 24.5 Å². The van der Waals surface area contributed by atoms with Gasteiger partial charge in [0.05, 0.1) is 5.39 Å². The van der Waals surface area contributed by atoms with Gasteiger partial charge in [-0.05, 0) is 43.2 Å². The largest absolute Gasteiger partial charge is 0.365 e. The molecule has 2 aromatic heterocycles. The van der Waals surface area contributed by atoms with Gasteiger partial charge in [0.1, 0.15) is 17.8 Å². The van der Waals surface area contributed by atoms with E-state index in [4.69, 9.17) is 0 Å². The van der Waals surface area contributed by atoms with Crippen LogP contribution in [0, 0.1) is 0 Å². The fraction of sp³-hybridized carbons (Fsp3) is 0.471. The molecule has 1 atom stereocenters. The quantitative estimate of drug-likeness (QED) is 0.851. The van der Waals surface area contributed by atoms with Crippen LogP contribution in [-0.2, 0) is 4.79 Å². The molecule has 2 aromatic rings. The summed E-state index contributed by atoms with van der Waals surface area (Å²) >= 11 is 0. The molecule has 6 nitrogen and oxygen atoms in total. The number of nitrogens with zero attached hydrogens (tertiary/aromatic N) is 3. The molecule has 1 unspecified atom stereocenters. The van der Waals surface area contributed by atoms with Gasteiger partial charge >= 0.3 is 0 Å². The van der Waals surface area contributed by atoms with Crippen molar-refractivity contribution in [1.29, 1.82) is 0 Å². The summed E-state index contributed by atoms with van der Waals surface area (Å²) in [5, 5.41) is 4.66. The normalized spacial score (nSPS) is 21.4. The lowest BCUT2D eigenvalue weighted by atomic mass is 10.0. The third-order valence-corrected chi connectivity index (χ3v) is 4.77. The van der Waals surface area contributed by atoms with Crippen molar-refractivity contribution in [3.63, 3.8) is 0 Å². The molecule has 1 aliphatic carbocycles. The Hall–Kier alpha value is -2.37. The highest BCUT2D eigenvalue weighted by Gasteiger charge is 2.29. The number of anilines is 1. The summed E-state index contributed by atoms with van der Waals surface area (Å²) in [6, 6.07) is 0.215. The summed E-state index contributed by atoms with van der Waals surface area (Å²) in [7, 11) is 0. The van der Waals surface area contributed by atoms with Crippen LogP contribution in [0.3, 0.4) is 0 Å². The van der Waals surface area contributed by atoms with Crippen molar-refractivity contribution in [2.24, 2.45) is 0 Å². The number of piperidine rings is 1. The van der Waals surface area contributed by atoms with E-state index in [1.54, 1.807) is 6.33 Å². The molecule has 3 heterocycles. The second-order valence-corrected chi connectivity index (χ2v) is 6.44. The van der Waals surface area contributed by atoms with Crippen LogP contribution >= 0.6 is 0 Å². The Bertz CT molecular complexity index is 749. The maximum atomic E-state index is 11.8. The predicted molar refractivity (Wildman–Crippen MR) is 89.3 cm³/mol. The number of H-pyrrole nitrogens is 1. The van der Waals surface area contributed by atoms with Gasteiger partial charge in [-0.15, -0.1) is 0 Å². The number of likely N-dealkylation sites (tertiary alicyclic amines) is 1. The predicted octanol–water partition coefficient (Wildman–Crippen LogP) is 2.42. The summed E-state index contributed by atoms with van der Waals surface area (Å²) < 4.78 is 0. The molecule has 23 heavy (non-hydrogen) atoms. The monoisotopic (exact) mass is 311 g/mol. The Balaban J connectivity index is 1.58. The molecule has 0 spiro atoms. The minimum atomic E-state index is 0.00430. The van der Waals surface area contributed by atoms with Gasteiger partial charge in [0.15, 0.2) is 0 Å². The second kappa shape index (κ2) is 5.68. The van der Waals surface area contributed by atoms with Crippen molar-refractivity contribution in [3.8, 4) is 0 Å². The van der Waals surface area contributed by atoms with Gasteiger partial charge in [-0.25, -0.2) is 9.97 Å². The van der Waals surface area contributed by atoms with Crippen LogP contribution in [0.1, 0.15) is 37.2 Å². The lowest BCUT2D eigenvalue weighted by Gasteiger charge is -2.32. The molecule has 2 fully saturated rings. The minimum absolute atomic E-state index is 0.00430. The van der Waals surface area contributed by atoms with Gasteiger partial charge in [-0.1, -0.05) is 6.58 Å². The third kappa shape index (κ3) is 2.69. The molecule has 0 radical (unpaired) electrons.